The number of nitrogens with one attached hydrogen (secondary N) is 1. The Bertz CT molecular complexity index is 627. The van der Waals surface area contributed by atoms with E-state index in [4.69, 9.17) is 0 Å². The zero-order valence-electron chi connectivity index (χ0n) is 11.7. The Hall–Kier alpha value is -2.70. The van der Waals surface area contributed by atoms with Gasteiger partial charge in [0.05, 0.1) is 0 Å². The first-order valence-electron chi connectivity index (χ1n) is 6.40. The van der Waals surface area contributed by atoms with Gasteiger partial charge in [-0.05, 0) is 19.4 Å². The van der Waals surface area contributed by atoms with Gasteiger partial charge in [-0.25, -0.2) is 14.5 Å². The number of carboxylic acids is 1. The first-order chi connectivity index (χ1) is 9.95. The third-order valence-electron chi connectivity index (χ3n) is 3.36. The maximum Gasteiger partial charge on any atom is 0.333 e. The second kappa shape index (κ2) is 5.74. The minimum absolute atomic E-state index is 0.450. The summed E-state index contributed by atoms with van der Waals surface area (Å²) in [5.41, 5.74) is -1.01. The maximum atomic E-state index is 12.3. The van der Waals surface area contributed by atoms with E-state index in [2.05, 4.69) is 15.4 Å². The van der Waals surface area contributed by atoms with Gasteiger partial charge >= 0.3 is 5.97 Å². The molecule has 21 heavy (non-hydrogen) atoms. The highest BCUT2D eigenvalue weighted by atomic mass is 16.4. The number of nitrogens with zero attached hydrogens (tertiary/aromatic N) is 3. The number of carbonyl (C=O) groups is 2. The van der Waals surface area contributed by atoms with Crippen LogP contribution in [0.25, 0.3) is 0 Å². The van der Waals surface area contributed by atoms with Crippen LogP contribution in [0.3, 0.4) is 0 Å². The van der Waals surface area contributed by atoms with Crippen molar-refractivity contribution in [3.05, 3.63) is 48.5 Å². The number of aromatic nitrogens is 3. The summed E-state index contributed by atoms with van der Waals surface area (Å²) < 4.78 is 1.36. The second-order valence-electron chi connectivity index (χ2n) is 4.84. The maximum absolute atomic E-state index is 12.3. The summed E-state index contributed by atoms with van der Waals surface area (Å²) in [7, 11) is 0. The molecule has 0 fully saturated rings. The highest BCUT2D eigenvalue weighted by molar-refractivity contribution is 5.89. The molecule has 2 rings (SSSR count). The molecule has 0 bridgehead atoms. The van der Waals surface area contributed by atoms with Gasteiger partial charge in [-0.1, -0.05) is 30.3 Å². The van der Waals surface area contributed by atoms with Crippen LogP contribution in [0.1, 0.15) is 25.5 Å². The molecule has 0 saturated carbocycles. The molecule has 7 heteroatoms. The Morgan fingerprint density at radius 2 is 2.00 bits per heavy atom. The van der Waals surface area contributed by atoms with Gasteiger partial charge in [0.1, 0.15) is 18.7 Å². The quantitative estimate of drug-likeness (QED) is 0.854. The lowest BCUT2D eigenvalue weighted by Gasteiger charge is -2.28. The summed E-state index contributed by atoms with van der Waals surface area (Å²) in [6.07, 6.45) is 2.72. The van der Waals surface area contributed by atoms with Gasteiger partial charge in [0.2, 0.25) is 5.91 Å². The molecular weight excluding hydrogens is 272 g/mol. The van der Waals surface area contributed by atoms with Crippen LogP contribution in [-0.4, -0.2) is 31.7 Å². The van der Waals surface area contributed by atoms with Crippen molar-refractivity contribution in [1.29, 1.82) is 0 Å². The summed E-state index contributed by atoms with van der Waals surface area (Å²) in [5, 5.41) is 15.9. The van der Waals surface area contributed by atoms with E-state index in [0.29, 0.717) is 5.56 Å². The summed E-state index contributed by atoms with van der Waals surface area (Å²) in [4.78, 5) is 27.7. The van der Waals surface area contributed by atoms with Crippen LogP contribution in [0.4, 0.5) is 0 Å². The van der Waals surface area contributed by atoms with Crippen molar-refractivity contribution in [1.82, 2.24) is 20.1 Å². The molecule has 0 aliphatic heterocycles. The van der Waals surface area contributed by atoms with Crippen LogP contribution in [0, 0.1) is 0 Å². The van der Waals surface area contributed by atoms with E-state index in [9.17, 15) is 14.7 Å². The lowest BCUT2D eigenvalue weighted by Crippen LogP contribution is -2.51. The van der Waals surface area contributed by atoms with Gasteiger partial charge in [-0.3, -0.25) is 4.79 Å². The zero-order valence-corrected chi connectivity index (χ0v) is 11.7. The third-order valence-corrected chi connectivity index (χ3v) is 3.36. The fourth-order valence-electron chi connectivity index (χ4n) is 1.91. The fourth-order valence-corrected chi connectivity index (χ4v) is 1.91. The molecular formula is C14H16N4O3. The molecule has 7 nitrogen and oxygen atoms in total. The topological polar surface area (TPSA) is 97.1 Å². The Labute approximate surface area is 121 Å². The van der Waals surface area contributed by atoms with Crippen LogP contribution in [0.2, 0.25) is 0 Å². The molecule has 2 N–H and O–H groups in total. The fraction of sp³-hybridized carbons (Fsp3) is 0.286. The number of hydrogen-bond acceptors (Lipinski definition) is 4. The molecule has 0 aliphatic rings. The Morgan fingerprint density at radius 3 is 2.52 bits per heavy atom. The Morgan fingerprint density at radius 1 is 1.33 bits per heavy atom. The predicted octanol–water partition coefficient (Wildman–Crippen LogP) is 0.955. The van der Waals surface area contributed by atoms with Gasteiger partial charge in [0.25, 0.3) is 0 Å². The largest absolute Gasteiger partial charge is 0.479 e. The van der Waals surface area contributed by atoms with Crippen molar-refractivity contribution in [2.75, 3.05) is 0 Å². The number of benzene rings is 1. The number of rotatable bonds is 5. The highest BCUT2D eigenvalue weighted by Crippen LogP contribution is 2.22. The standard InChI is InChI=1S/C14H16N4O3/c1-10(18-9-15-8-16-18)12(19)17-14(2,13(20)21)11-6-4-3-5-7-11/h3-10H,1-2H3,(H,17,19)(H,20,21). The average molecular weight is 288 g/mol. The summed E-state index contributed by atoms with van der Waals surface area (Å²) in [5.74, 6) is -1.58. The van der Waals surface area contributed by atoms with Crippen LogP contribution >= 0.6 is 0 Å². The van der Waals surface area contributed by atoms with E-state index in [0.717, 1.165) is 0 Å². The molecule has 0 spiro atoms. The number of hydrogen-bond donors (Lipinski definition) is 2. The monoisotopic (exact) mass is 288 g/mol. The van der Waals surface area contributed by atoms with Crippen molar-refractivity contribution < 1.29 is 14.7 Å². The van der Waals surface area contributed by atoms with Crippen LogP contribution in [0.15, 0.2) is 43.0 Å². The van der Waals surface area contributed by atoms with Gasteiger partial charge in [-0.15, -0.1) is 0 Å². The Balaban J connectivity index is 2.25. The molecule has 2 aromatic rings. The van der Waals surface area contributed by atoms with Crippen LogP contribution in [0.5, 0.6) is 0 Å². The number of amides is 1. The zero-order chi connectivity index (χ0) is 15.5. The van der Waals surface area contributed by atoms with E-state index >= 15 is 0 Å². The molecule has 0 radical (unpaired) electrons. The number of carbonyl (C=O) groups excluding carboxylic acids is 1. The van der Waals surface area contributed by atoms with Crippen molar-refractivity contribution in [2.45, 2.75) is 25.4 Å². The molecule has 1 amide bonds. The second-order valence-corrected chi connectivity index (χ2v) is 4.84. The van der Waals surface area contributed by atoms with Gasteiger partial charge in [0, 0.05) is 0 Å². The molecule has 0 saturated heterocycles. The summed E-state index contributed by atoms with van der Waals surface area (Å²) in [6.45, 7) is 3.08. The average Bonchev–Trinajstić information content (AvgIpc) is 3.01. The molecule has 1 aromatic heterocycles. The minimum atomic E-state index is -1.51. The first kappa shape index (κ1) is 14.7. The van der Waals surface area contributed by atoms with Gasteiger partial charge in [-0.2, -0.15) is 5.10 Å². The van der Waals surface area contributed by atoms with Crippen molar-refractivity contribution in [3.8, 4) is 0 Å². The highest BCUT2D eigenvalue weighted by Gasteiger charge is 2.38. The van der Waals surface area contributed by atoms with Crippen molar-refractivity contribution in [2.24, 2.45) is 0 Å². The summed E-state index contributed by atoms with van der Waals surface area (Å²) in [6, 6.07) is 7.90. The normalized spacial score (nSPS) is 15.0. The smallest absolute Gasteiger partial charge is 0.333 e. The lowest BCUT2D eigenvalue weighted by atomic mass is 9.91. The molecule has 2 atom stereocenters. The minimum Gasteiger partial charge on any atom is -0.479 e. The van der Waals surface area contributed by atoms with Gasteiger partial charge < -0.3 is 10.4 Å². The first-order valence-corrected chi connectivity index (χ1v) is 6.40. The summed E-state index contributed by atoms with van der Waals surface area (Å²) >= 11 is 0. The SMILES string of the molecule is CC(C(=O)NC(C)(C(=O)O)c1ccccc1)n1cncn1. The molecule has 1 aromatic carbocycles. The third kappa shape index (κ3) is 2.91. The molecule has 0 aliphatic carbocycles. The lowest BCUT2D eigenvalue weighted by molar-refractivity contribution is -0.147. The van der Waals surface area contributed by atoms with Gasteiger partial charge in [0.15, 0.2) is 5.54 Å². The van der Waals surface area contributed by atoms with Crippen molar-refractivity contribution >= 4 is 11.9 Å². The number of carboxylic acid groups (broad SMARTS) is 1. The molecule has 2 unspecified atom stereocenters. The Kier molecular flexibility index (Phi) is 4.02. The molecule has 1 heterocycles. The van der Waals surface area contributed by atoms with E-state index in [1.807, 2.05) is 0 Å². The predicted molar refractivity (Wildman–Crippen MR) is 74.3 cm³/mol. The van der Waals surface area contributed by atoms with Crippen LogP contribution < -0.4 is 5.32 Å². The van der Waals surface area contributed by atoms with E-state index in [1.54, 1.807) is 37.3 Å². The number of aliphatic carboxylic acids is 1. The molecule has 110 valence electrons. The van der Waals surface area contributed by atoms with E-state index in [1.165, 1.54) is 24.3 Å². The van der Waals surface area contributed by atoms with E-state index in [-0.39, 0.29) is 0 Å². The van der Waals surface area contributed by atoms with Crippen LogP contribution in [-0.2, 0) is 15.1 Å². The van der Waals surface area contributed by atoms with E-state index < -0.39 is 23.5 Å². The van der Waals surface area contributed by atoms with Crippen molar-refractivity contribution in [3.63, 3.8) is 0 Å².